The third kappa shape index (κ3) is 4.29. The topological polar surface area (TPSA) is 92.1 Å². The number of amides is 2. The van der Waals surface area contributed by atoms with Crippen molar-refractivity contribution in [3.05, 3.63) is 54.0 Å². The van der Waals surface area contributed by atoms with Gasteiger partial charge in [0, 0.05) is 44.5 Å². The van der Waals surface area contributed by atoms with Gasteiger partial charge in [0.2, 0.25) is 5.91 Å². The minimum atomic E-state index is -0.230. The molecule has 1 aliphatic rings. The van der Waals surface area contributed by atoms with E-state index in [1.807, 2.05) is 9.30 Å². The van der Waals surface area contributed by atoms with Crippen molar-refractivity contribution in [3.63, 3.8) is 0 Å². The Kier molecular flexibility index (Phi) is 6.09. The van der Waals surface area contributed by atoms with Gasteiger partial charge in [0.1, 0.15) is 5.75 Å². The molecular formula is C23H28N6O3. The second-order valence-electron chi connectivity index (χ2n) is 8.20. The summed E-state index contributed by atoms with van der Waals surface area (Å²) in [6.07, 6.45) is 1.76. The maximum Gasteiger partial charge on any atom is 0.257 e. The molecule has 1 fully saturated rings. The van der Waals surface area contributed by atoms with Crippen LogP contribution in [0.2, 0.25) is 0 Å². The van der Waals surface area contributed by atoms with E-state index in [2.05, 4.69) is 34.3 Å². The minimum absolute atomic E-state index is 0.0479. The first kappa shape index (κ1) is 21.8. The first-order valence-corrected chi connectivity index (χ1v) is 10.7. The Morgan fingerprint density at radius 2 is 1.84 bits per heavy atom. The molecule has 32 heavy (non-hydrogen) atoms. The van der Waals surface area contributed by atoms with Gasteiger partial charge in [-0.25, -0.2) is 0 Å². The third-order valence-electron chi connectivity index (χ3n) is 5.87. The largest absolute Gasteiger partial charge is 0.497 e. The summed E-state index contributed by atoms with van der Waals surface area (Å²) in [6.45, 7) is 7.84. The lowest BCUT2D eigenvalue weighted by atomic mass is 10.1. The maximum atomic E-state index is 12.9. The molecule has 0 aliphatic carbocycles. The molecule has 9 heteroatoms. The van der Waals surface area contributed by atoms with Gasteiger partial charge in [-0.3, -0.25) is 18.9 Å². The summed E-state index contributed by atoms with van der Waals surface area (Å²) in [7, 11) is 1.60. The molecule has 1 saturated heterocycles. The monoisotopic (exact) mass is 436 g/mol. The summed E-state index contributed by atoms with van der Waals surface area (Å²) < 4.78 is 7.01. The fourth-order valence-corrected chi connectivity index (χ4v) is 4.08. The van der Waals surface area contributed by atoms with Gasteiger partial charge >= 0.3 is 0 Å². The number of hydrogen-bond acceptors (Lipinski definition) is 6. The van der Waals surface area contributed by atoms with Crippen molar-refractivity contribution in [1.29, 1.82) is 0 Å². The fourth-order valence-electron chi connectivity index (χ4n) is 4.08. The highest BCUT2D eigenvalue weighted by atomic mass is 16.5. The molecule has 9 nitrogen and oxygen atoms in total. The van der Waals surface area contributed by atoms with Crippen LogP contribution in [-0.2, 0) is 4.79 Å². The Balaban J connectivity index is 1.63. The predicted molar refractivity (Wildman–Crippen MR) is 121 cm³/mol. The van der Waals surface area contributed by atoms with Gasteiger partial charge in [0.25, 0.3) is 5.91 Å². The van der Waals surface area contributed by atoms with E-state index in [0.29, 0.717) is 30.0 Å². The Bertz CT molecular complexity index is 1120. The second kappa shape index (κ2) is 8.96. The van der Waals surface area contributed by atoms with E-state index in [4.69, 9.17) is 4.74 Å². The quantitative estimate of drug-likeness (QED) is 0.661. The summed E-state index contributed by atoms with van der Waals surface area (Å²) in [6, 6.07) is 10.9. The molecule has 1 aromatic carbocycles. The van der Waals surface area contributed by atoms with Crippen molar-refractivity contribution in [2.24, 2.45) is 0 Å². The van der Waals surface area contributed by atoms with E-state index >= 15 is 0 Å². The smallest absolute Gasteiger partial charge is 0.257 e. The number of aromatic nitrogens is 3. The van der Waals surface area contributed by atoms with Crippen molar-refractivity contribution in [3.8, 4) is 5.75 Å². The van der Waals surface area contributed by atoms with E-state index in [-0.39, 0.29) is 23.9 Å². The standard InChI is InChI=1S/C23H28N6O3/c1-15(2)28-12-11-27(16(3)30)14-20(28)22-26-25-21-10-5-17(13-29(21)22)23(31)24-18-6-8-19(32-4)9-7-18/h5-10,13,15,20H,11-12,14H2,1-4H3,(H,24,31)/t20-/m1/s1. The number of nitrogens with zero attached hydrogens (tertiary/aromatic N) is 5. The molecule has 0 unspecified atom stereocenters. The van der Waals surface area contributed by atoms with Gasteiger partial charge in [-0.2, -0.15) is 0 Å². The van der Waals surface area contributed by atoms with E-state index in [9.17, 15) is 9.59 Å². The zero-order valence-electron chi connectivity index (χ0n) is 18.8. The number of ether oxygens (including phenoxy) is 1. The van der Waals surface area contributed by atoms with Crippen LogP contribution in [0.3, 0.4) is 0 Å². The number of hydrogen-bond donors (Lipinski definition) is 1. The summed E-state index contributed by atoms with van der Waals surface area (Å²) in [5.41, 5.74) is 1.82. The van der Waals surface area contributed by atoms with Crippen LogP contribution in [-0.4, -0.2) is 69.0 Å². The van der Waals surface area contributed by atoms with Gasteiger partial charge < -0.3 is 15.0 Å². The molecule has 1 atom stereocenters. The summed E-state index contributed by atoms with van der Waals surface area (Å²) >= 11 is 0. The van der Waals surface area contributed by atoms with Gasteiger partial charge in [-0.1, -0.05) is 0 Å². The summed E-state index contributed by atoms with van der Waals surface area (Å²) in [5.74, 6) is 1.26. The number of fused-ring (bicyclic) bond motifs is 1. The van der Waals surface area contributed by atoms with Gasteiger partial charge in [0.15, 0.2) is 11.5 Å². The average molecular weight is 437 g/mol. The summed E-state index contributed by atoms with van der Waals surface area (Å²) in [4.78, 5) is 29.0. The van der Waals surface area contributed by atoms with Crippen molar-refractivity contribution in [2.75, 3.05) is 32.1 Å². The number of piperazine rings is 1. The number of benzene rings is 1. The highest BCUT2D eigenvalue weighted by Crippen LogP contribution is 2.27. The molecule has 0 radical (unpaired) electrons. The number of carbonyl (C=O) groups excluding carboxylic acids is 2. The maximum absolute atomic E-state index is 12.9. The molecule has 0 saturated carbocycles. The normalized spacial score (nSPS) is 17.0. The molecule has 1 N–H and O–H groups in total. The number of methoxy groups -OCH3 is 1. The molecule has 1 aliphatic heterocycles. The number of rotatable bonds is 5. The lowest BCUT2D eigenvalue weighted by Crippen LogP contribution is -2.52. The first-order valence-electron chi connectivity index (χ1n) is 10.7. The zero-order valence-corrected chi connectivity index (χ0v) is 18.8. The van der Waals surface area contributed by atoms with Crippen LogP contribution in [0.25, 0.3) is 5.65 Å². The first-order chi connectivity index (χ1) is 15.4. The van der Waals surface area contributed by atoms with Crippen LogP contribution < -0.4 is 10.1 Å². The average Bonchev–Trinajstić information content (AvgIpc) is 3.22. The molecule has 2 aromatic heterocycles. The lowest BCUT2D eigenvalue weighted by molar-refractivity contribution is -0.132. The van der Waals surface area contributed by atoms with Crippen molar-refractivity contribution in [2.45, 2.75) is 32.9 Å². The Morgan fingerprint density at radius 1 is 1.09 bits per heavy atom. The van der Waals surface area contributed by atoms with Crippen LogP contribution >= 0.6 is 0 Å². The third-order valence-corrected chi connectivity index (χ3v) is 5.87. The molecule has 0 bridgehead atoms. The van der Waals surface area contributed by atoms with Crippen molar-refractivity contribution >= 4 is 23.1 Å². The number of pyridine rings is 1. The molecule has 2 amide bonds. The number of nitrogens with one attached hydrogen (secondary N) is 1. The van der Waals surface area contributed by atoms with Crippen LogP contribution in [0.1, 0.15) is 43.0 Å². The molecule has 0 spiro atoms. The molecule has 4 rings (SSSR count). The van der Waals surface area contributed by atoms with Gasteiger partial charge in [0.05, 0.1) is 18.7 Å². The Morgan fingerprint density at radius 3 is 2.50 bits per heavy atom. The number of anilines is 1. The van der Waals surface area contributed by atoms with Crippen molar-refractivity contribution < 1.29 is 14.3 Å². The molecule has 168 valence electrons. The second-order valence-corrected chi connectivity index (χ2v) is 8.20. The van der Waals surface area contributed by atoms with E-state index < -0.39 is 0 Å². The van der Waals surface area contributed by atoms with Crippen molar-refractivity contribution in [1.82, 2.24) is 24.4 Å². The zero-order chi connectivity index (χ0) is 22.8. The van der Waals surface area contributed by atoms with E-state index in [0.717, 1.165) is 18.1 Å². The highest BCUT2D eigenvalue weighted by Gasteiger charge is 2.34. The van der Waals surface area contributed by atoms with E-state index in [1.165, 1.54) is 0 Å². The SMILES string of the molecule is COc1ccc(NC(=O)c2ccc3nnc([C@H]4CN(C(C)=O)CCN4C(C)C)n3c2)cc1. The van der Waals surface area contributed by atoms with Crippen LogP contribution in [0.4, 0.5) is 5.69 Å². The van der Waals surface area contributed by atoms with Gasteiger partial charge in [-0.15, -0.1) is 10.2 Å². The minimum Gasteiger partial charge on any atom is -0.497 e. The highest BCUT2D eigenvalue weighted by molar-refractivity contribution is 6.04. The van der Waals surface area contributed by atoms with E-state index in [1.54, 1.807) is 56.6 Å². The molecule has 3 heterocycles. The lowest BCUT2D eigenvalue weighted by Gasteiger charge is -2.42. The van der Waals surface area contributed by atoms with Crippen LogP contribution in [0.5, 0.6) is 5.75 Å². The van der Waals surface area contributed by atoms with Gasteiger partial charge in [-0.05, 0) is 50.2 Å². The van der Waals surface area contributed by atoms with Crippen LogP contribution in [0, 0.1) is 0 Å². The van der Waals surface area contributed by atoms with Crippen LogP contribution in [0.15, 0.2) is 42.6 Å². The number of carbonyl (C=O) groups is 2. The molecule has 3 aromatic rings. The fraction of sp³-hybridized carbons (Fsp3) is 0.391. The Labute approximate surface area is 187 Å². The molecular weight excluding hydrogens is 408 g/mol. The predicted octanol–water partition coefficient (Wildman–Crippen LogP) is 2.60. The summed E-state index contributed by atoms with van der Waals surface area (Å²) in [5, 5.41) is 11.6. The Hall–Kier alpha value is -3.46.